The van der Waals surface area contributed by atoms with E-state index in [0.717, 1.165) is 27.7 Å². The minimum absolute atomic E-state index is 0.0814. The van der Waals surface area contributed by atoms with Crippen LogP contribution in [0.15, 0.2) is 76.6 Å². The molecule has 0 aliphatic heterocycles. The molecule has 1 N–H and O–H groups in total. The molecule has 0 spiro atoms. The second-order valence-corrected chi connectivity index (χ2v) is 7.74. The second-order valence-electron chi connectivity index (χ2n) is 7.74. The number of pyridine rings is 1. The van der Waals surface area contributed by atoms with E-state index in [2.05, 4.69) is 40.9 Å². The van der Waals surface area contributed by atoms with Crippen LogP contribution in [-0.2, 0) is 20.1 Å². The van der Waals surface area contributed by atoms with E-state index in [4.69, 9.17) is 0 Å². The van der Waals surface area contributed by atoms with Crippen LogP contribution in [0.4, 0.5) is 0 Å². The van der Waals surface area contributed by atoms with Crippen molar-refractivity contribution in [3.8, 4) is 0 Å². The zero-order valence-electron chi connectivity index (χ0n) is 16.9. The molecule has 6 nitrogen and oxygen atoms in total. The van der Waals surface area contributed by atoms with Gasteiger partial charge in [0.2, 0.25) is 5.56 Å². The van der Waals surface area contributed by atoms with E-state index < -0.39 is 0 Å². The molecule has 3 heterocycles. The van der Waals surface area contributed by atoms with E-state index >= 15 is 0 Å². The Bertz CT molecular complexity index is 1510. The summed E-state index contributed by atoms with van der Waals surface area (Å²) in [5, 5.41) is 1.19. The van der Waals surface area contributed by atoms with Gasteiger partial charge in [0.15, 0.2) is 0 Å². The third-order valence-electron chi connectivity index (χ3n) is 5.74. The lowest BCUT2D eigenvalue weighted by Gasteiger charge is -2.04. The standard InChI is InChI=1S/C24H22N4O2/c1-16-6-5-9-21-23(16)18(14-26(21)2)15-28-20-8-4-3-7-19(20)27(24(28)30)13-17-10-11-25-22(29)12-17/h3-12,14H,13,15H2,1-2H3,(H,25,29). The van der Waals surface area contributed by atoms with Gasteiger partial charge < -0.3 is 9.55 Å². The Morgan fingerprint density at radius 1 is 0.867 bits per heavy atom. The molecule has 0 fully saturated rings. The van der Waals surface area contributed by atoms with Gasteiger partial charge in [-0.1, -0.05) is 24.3 Å². The summed E-state index contributed by atoms with van der Waals surface area (Å²) in [6.07, 6.45) is 3.72. The molecular formula is C24H22N4O2. The van der Waals surface area contributed by atoms with Gasteiger partial charge in [-0.05, 0) is 47.9 Å². The van der Waals surface area contributed by atoms with Crippen LogP contribution in [0.2, 0.25) is 0 Å². The van der Waals surface area contributed by atoms with E-state index in [0.29, 0.717) is 13.1 Å². The number of nitrogens with zero attached hydrogens (tertiary/aromatic N) is 3. The Balaban J connectivity index is 1.67. The van der Waals surface area contributed by atoms with Crippen molar-refractivity contribution in [1.82, 2.24) is 18.7 Å². The summed E-state index contributed by atoms with van der Waals surface area (Å²) in [7, 11) is 2.03. The molecule has 0 aliphatic carbocycles. The van der Waals surface area contributed by atoms with Crippen molar-refractivity contribution in [3.63, 3.8) is 0 Å². The molecule has 3 aromatic heterocycles. The van der Waals surface area contributed by atoms with Crippen LogP contribution in [0.5, 0.6) is 0 Å². The first-order valence-corrected chi connectivity index (χ1v) is 9.92. The lowest BCUT2D eigenvalue weighted by atomic mass is 10.1. The summed E-state index contributed by atoms with van der Waals surface area (Å²) >= 11 is 0. The molecule has 2 aromatic carbocycles. The number of aromatic nitrogens is 4. The van der Waals surface area contributed by atoms with Crippen molar-refractivity contribution >= 4 is 21.9 Å². The summed E-state index contributed by atoms with van der Waals surface area (Å²) in [5.74, 6) is 0. The van der Waals surface area contributed by atoms with Crippen molar-refractivity contribution in [2.45, 2.75) is 20.0 Å². The van der Waals surface area contributed by atoms with Gasteiger partial charge in [-0.25, -0.2) is 4.79 Å². The predicted octanol–water partition coefficient (Wildman–Crippen LogP) is 3.39. The van der Waals surface area contributed by atoms with Crippen molar-refractivity contribution in [1.29, 1.82) is 0 Å². The highest BCUT2D eigenvalue weighted by Gasteiger charge is 2.16. The molecule has 30 heavy (non-hydrogen) atoms. The van der Waals surface area contributed by atoms with E-state index in [-0.39, 0.29) is 11.2 Å². The van der Waals surface area contributed by atoms with Crippen LogP contribution in [0, 0.1) is 6.92 Å². The maximum Gasteiger partial charge on any atom is 0.329 e. The minimum Gasteiger partial charge on any atom is -0.350 e. The van der Waals surface area contributed by atoms with Gasteiger partial charge in [-0.2, -0.15) is 0 Å². The molecule has 5 aromatic rings. The van der Waals surface area contributed by atoms with Crippen LogP contribution in [0.3, 0.4) is 0 Å². The molecule has 0 aliphatic rings. The highest BCUT2D eigenvalue weighted by atomic mass is 16.1. The summed E-state index contributed by atoms with van der Waals surface area (Å²) < 4.78 is 5.67. The Morgan fingerprint density at radius 3 is 2.30 bits per heavy atom. The lowest BCUT2D eigenvalue weighted by Crippen LogP contribution is -2.25. The van der Waals surface area contributed by atoms with Gasteiger partial charge >= 0.3 is 5.69 Å². The van der Waals surface area contributed by atoms with Crippen molar-refractivity contribution < 1.29 is 0 Å². The zero-order chi connectivity index (χ0) is 20.8. The number of para-hydroxylation sites is 2. The number of aromatic amines is 1. The van der Waals surface area contributed by atoms with E-state index in [1.54, 1.807) is 10.8 Å². The fourth-order valence-electron chi connectivity index (χ4n) is 4.37. The molecule has 0 atom stereocenters. The number of hydrogen-bond acceptors (Lipinski definition) is 2. The van der Waals surface area contributed by atoms with Crippen LogP contribution in [-0.4, -0.2) is 18.7 Å². The first kappa shape index (κ1) is 18.2. The highest BCUT2D eigenvalue weighted by Crippen LogP contribution is 2.26. The van der Waals surface area contributed by atoms with Gasteiger partial charge in [-0.3, -0.25) is 13.9 Å². The largest absolute Gasteiger partial charge is 0.350 e. The van der Waals surface area contributed by atoms with Gasteiger partial charge in [0.25, 0.3) is 0 Å². The average molecular weight is 398 g/mol. The number of H-pyrrole nitrogens is 1. The number of hydrogen-bond donors (Lipinski definition) is 1. The number of imidazole rings is 1. The van der Waals surface area contributed by atoms with Gasteiger partial charge in [0, 0.05) is 36.4 Å². The van der Waals surface area contributed by atoms with Crippen molar-refractivity contribution in [2.75, 3.05) is 0 Å². The summed E-state index contributed by atoms with van der Waals surface area (Å²) in [5.41, 5.74) is 5.76. The van der Waals surface area contributed by atoms with E-state index in [1.807, 2.05) is 41.9 Å². The van der Waals surface area contributed by atoms with Crippen molar-refractivity contribution in [3.05, 3.63) is 105 Å². The van der Waals surface area contributed by atoms with Crippen LogP contribution in [0.1, 0.15) is 16.7 Å². The Morgan fingerprint density at radius 2 is 1.57 bits per heavy atom. The summed E-state index contributed by atoms with van der Waals surface area (Å²) in [6.45, 7) is 2.94. The lowest BCUT2D eigenvalue weighted by molar-refractivity contribution is 0.700. The van der Waals surface area contributed by atoms with E-state index in [1.165, 1.54) is 17.0 Å². The third-order valence-corrected chi connectivity index (χ3v) is 5.74. The fourth-order valence-corrected chi connectivity index (χ4v) is 4.37. The van der Waals surface area contributed by atoms with Gasteiger partial charge in [0.05, 0.1) is 24.1 Å². The second kappa shape index (κ2) is 6.91. The molecule has 0 saturated heterocycles. The molecule has 0 bridgehead atoms. The fraction of sp³-hybridized carbons (Fsp3) is 0.167. The molecule has 0 saturated carbocycles. The van der Waals surface area contributed by atoms with Crippen molar-refractivity contribution in [2.24, 2.45) is 7.05 Å². The Kier molecular flexibility index (Phi) is 4.20. The smallest absolute Gasteiger partial charge is 0.329 e. The maximum atomic E-state index is 13.4. The molecule has 150 valence electrons. The normalized spacial score (nSPS) is 11.5. The SMILES string of the molecule is Cc1cccc2c1c(Cn1c(=O)n(Cc3cc[nH]c(=O)c3)c3ccccc31)cn2C. The average Bonchev–Trinajstić information content (AvgIpc) is 3.19. The van der Waals surface area contributed by atoms with Crippen LogP contribution < -0.4 is 11.2 Å². The highest BCUT2D eigenvalue weighted by molar-refractivity contribution is 5.87. The van der Waals surface area contributed by atoms with Gasteiger partial charge in [0.1, 0.15) is 0 Å². The molecule has 0 unspecified atom stereocenters. The molecule has 5 rings (SSSR count). The molecule has 0 radical (unpaired) electrons. The third kappa shape index (κ3) is 2.88. The first-order chi connectivity index (χ1) is 14.5. The quantitative estimate of drug-likeness (QED) is 0.504. The van der Waals surface area contributed by atoms with Crippen LogP contribution in [0.25, 0.3) is 21.9 Å². The number of aryl methyl sites for hydroxylation is 2. The number of fused-ring (bicyclic) bond motifs is 2. The molecular weight excluding hydrogens is 376 g/mol. The number of nitrogens with one attached hydrogen (secondary N) is 1. The van der Waals surface area contributed by atoms with Gasteiger partial charge in [-0.15, -0.1) is 0 Å². The summed E-state index contributed by atoms with van der Waals surface area (Å²) in [6, 6.07) is 17.4. The topological polar surface area (TPSA) is 64.7 Å². The minimum atomic E-state index is -0.171. The van der Waals surface area contributed by atoms with E-state index in [9.17, 15) is 9.59 Å². The maximum absolute atomic E-state index is 13.4. The van der Waals surface area contributed by atoms with Crippen LogP contribution >= 0.6 is 0 Å². The molecule has 6 heteroatoms. The predicted molar refractivity (Wildman–Crippen MR) is 119 cm³/mol. The monoisotopic (exact) mass is 398 g/mol. The number of benzene rings is 2. The number of rotatable bonds is 4. The first-order valence-electron chi connectivity index (χ1n) is 9.92. The molecule has 0 amide bonds. The summed E-state index contributed by atoms with van der Waals surface area (Å²) in [4.78, 5) is 27.7. The Labute approximate surface area is 172 Å². The Hall–Kier alpha value is -3.80. The zero-order valence-corrected chi connectivity index (χ0v) is 16.9.